The SMILES string of the molecule is CCC(C=CC=CC=CC(=O)CCCCCCC(=O)OC)OC. The zero-order chi connectivity index (χ0) is 17.3. The lowest BCUT2D eigenvalue weighted by Gasteiger charge is -2.04. The Kier molecular flexibility index (Phi) is 14.1. The van der Waals surface area contributed by atoms with Gasteiger partial charge in [0.25, 0.3) is 0 Å². The van der Waals surface area contributed by atoms with E-state index in [-0.39, 0.29) is 17.9 Å². The van der Waals surface area contributed by atoms with Crippen LogP contribution in [0.5, 0.6) is 0 Å². The predicted octanol–water partition coefficient (Wildman–Crippen LogP) is 4.16. The van der Waals surface area contributed by atoms with Gasteiger partial charge in [-0.05, 0) is 25.3 Å². The van der Waals surface area contributed by atoms with Gasteiger partial charge in [0.2, 0.25) is 0 Å². The van der Waals surface area contributed by atoms with Gasteiger partial charge in [-0.3, -0.25) is 9.59 Å². The van der Waals surface area contributed by atoms with E-state index in [9.17, 15) is 9.59 Å². The summed E-state index contributed by atoms with van der Waals surface area (Å²) < 4.78 is 9.79. The van der Waals surface area contributed by atoms with Crippen LogP contribution in [-0.2, 0) is 19.1 Å². The van der Waals surface area contributed by atoms with Crippen LogP contribution < -0.4 is 0 Å². The van der Waals surface area contributed by atoms with Crippen molar-refractivity contribution in [3.8, 4) is 0 Å². The van der Waals surface area contributed by atoms with Crippen LogP contribution >= 0.6 is 0 Å². The van der Waals surface area contributed by atoms with Crippen LogP contribution in [0.1, 0.15) is 51.9 Å². The Bertz CT molecular complexity index is 404. The highest BCUT2D eigenvalue weighted by molar-refractivity contribution is 5.89. The molecule has 0 rings (SSSR count). The second-order valence-electron chi connectivity index (χ2n) is 5.27. The third kappa shape index (κ3) is 13.7. The first-order chi connectivity index (χ1) is 11.1. The maximum atomic E-state index is 11.6. The highest BCUT2D eigenvalue weighted by atomic mass is 16.5. The van der Waals surface area contributed by atoms with Crippen LogP contribution in [0.15, 0.2) is 36.5 Å². The summed E-state index contributed by atoms with van der Waals surface area (Å²) in [6, 6.07) is 0. The van der Waals surface area contributed by atoms with Crippen LogP contribution in [0.3, 0.4) is 0 Å². The van der Waals surface area contributed by atoms with E-state index in [1.165, 1.54) is 7.11 Å². The highest BCUT2D eigenvalue weighted by Crippen LogP contribution is 2.06. The minimum atomic E-state index is -0.166. The third-order valence-corrected chi connectivity index (χ3v) is 3.43. The molecule has 0 bridgehead atoms. The molecule has 0 amide bonds. The zero-order valence-electron chi connectivity index (χ0n) is 14.6. The van der Waals surface area contributed by atoms with E-state index in [4.69, 9.17) is 4.74 Å². The summed E-state index contributed by atoms with van der Waals surface area (Å²) in [4.78, 5) is 22.5. The topological polar surface area (TPSA) is 52.6 Å². The molecule has 0 fully saturated rings. The van der Waals surface area contributed by atoms with Gasteiger partial charge in [-0.2, -0.15) is 0 Å². The van der Waals surface area contributed by atoms with E-state index in [1.807, 2.05) is 24.3 Å². The molecule has 0 spiro atoms. The van der Waals surface area contributed by atoms with Crippen molar-refractivity contribution in [1.29, 1.82) is 0 Å². The van der Waals surface area contributed by atoms with Gasteiger partial charge >= 0.3 is 5.97 Å². The van der Waals surface area contributed by atoms with Crippen molar-refractivity contribution >= 4 is 11.8 Å². The molecule has 1 atom stereocenters. The number of esters is 1. The lowest BCUT2D eigenvalue weighted by Crippen LogP contribution is -2.03. The number of carbonyl (C=O) groups is 2. The van der Waals surface area contributed by atoms with Crippen LogP contribution in [-0.4, -0.2) is 32.1 Å². The minimum absolute atomic E-state index is 0.134. The Morgan fingerprint density at radius 1 is 0.913 bits per heavy atom. The number of hydrogen-bond acceptors (Lipinski definition) is 4. The van der Waals surface area contributed by atoms with Gasteiger partial charge in [0.05, 0.1) is 13.2 Å². The molecule has 0 aromatic heterocycles. The third-order valence-electron chi connectivity index (χ3n) is 3.43. The van der Waals surface area contributed by atoms with Crippen molar-refractivity contribution in [3.05, 3.63) is 36.5 Å². The van der Waals surface area contributed by atoms with Crippen LogP contribution in [0.4, 0.5) is 0 Å². The average Bonchev–Trinajstić information content (AvgIpc) is 2.57. The second-order valence-corrected chi connectivity index (χ2v) is 5.27. The van der Waals surface area contributed by atoms with E-state index in [0.717, 1.165) is 32.1 Å². The molecular weight excluding hydrogens is 292 g/mol. The van der Waals surface area contributed by atoms with E-state index in [2.05, 4.69) is 11.7 Å². The summed E-state index contributed by atoms with van der Waals surface area (Å²) in [5.41, 5.74) is 0. The Labute approximate surface area is 140 Å². The maximum absolute atomic E-state index is 11.6. The molecule has 130 valence electrons. The first-order valence-electron chi connectivity index (χ1n) is 8.28. The maximum Gasteiger partial charge on any atom is 0.305 e. The lowest BCUT2D eigenvalue weighted by atomic mass is 10.1. The summed E-state index contributed by atoms with van der Waals surface area (Å²) in [5.74, 6) is -0.0319. The molecule has 0 aliphatic rings. The van der Waals surface area contributed by atoms with Gasteiger partial charge in [0.15, 0.2) is 5.78 Å². The number of carbonyl (C=O) groups excluding carboxylic acids is 2. The number of ether oxygens (including phenoxy) is 2. The summed E-state index contributed by atoms with van der Waals surface area (Å²) in [6.07, 6.45) is 16.7. The Balaban J connectivity index is 3.71. The fraction of sp³-hybridized carbons (Fsp3) is 0.579. The number of methoxy groups -OCH3 is 2. The largest absolute Gasteiger partial charge is 0.469 e. The first kappa shape index (κ1) is 21.3. The number of unbranched alkanes of at least 4 members (excludes halogenated alkanes) is 3. The molecule has 0 saturated carbocycles. The molecule has 0 N–H and O–H groups in total. The first-order valence-corrected chi connectivity index (χ1v) is 8.28. The Morgan fingerprint density at radius 3 is 2.17 bits per heavy atom. The second kappa shape index (κ2) is 15.2. The fourth-order valence-electron chi connectivity index (χ4n) is 1.97. The summed E-state index contributed by atoms with van der Waals surface area (Å²) in [5, 5.41) is 0. The van der Waals surface area contributed by atoms with E-state index in [0.29, 0.717) is 12.8 Å². The van der Waals surface area contributed by atoms with Crippen LogP contribution in [0.25, 0.3) is 0 Å². The molecule has 23 heavy (non-hydrogen) atoms. The van der Waals surface area contributed by atoms with Gasteiger partial charge in [-0.1, -0.05) is 50.1 Å². The van der Waals surface area contributed by atoms with Crippen LogP contribution in [0, 0.1) is 0 Å². The summed E-state index contributed by atoms with van der Waals surface area (Å²) >= 11 is 0. The zero-order valence-corrected chi connectivity index (χ0v) is 14.6. The predicted molar refractivity (Wildman–Crippen MR) is 93.2 cm³/mol. The highest BCUT2D eigenvalue weighted by Gasteiger charge is 2.00. The molecule has 0 aliphatic carbocycles. The molecule has 1 unspecified atom stereocenters. The van der Waals surface area contributed by atoms with E-state index >= 15 is 0 Å². The minimum Gasteiger partial charge on any atom is -0.469 e. The average molecular weight is 322 g/mol. The van der Waals surface area contributed by atoms with Crippen molar-refractivity contribution in [3.63, 3.8) is 0 Å². The van der Waals surface area contributed by atoms with E-state index < -0.39 is 0 Å². The number of allylic oxidation sites excluding steroid dienone is 5. The van der Waals surface area contributed by atoms with Gasteiger partial charge in [0.1, 0.15) is 0 Å². The Hall–Kier alpha value is -1.68. The normalized spacial score (nSPS) is 13.2. The number of hydrogen-bond donors (Lipinski definition) is 0. The fourth-order valence-corrected chi connectivity index (χ4v) is 1.97. The monoisotopic (exact) mass is 322 g/mol. The van der Waals surface area contributed by atoms with Gasteiger partial charge in [-0.15, -0.1) is 0 Å². The number of ketones is 1. The standard InChI is InChI=1S/C19H30O4/c1-4-18(22-2)15-11-7-5-9-13-17(20)14-10-6-8-12-16-19(21)23-3/h5,7,9,11,13,15,18H,4,6,8,10,12,14,16H2,1-3H3. The van der Waals surface area contributed by atoms with E-state index in [1.54, 1.807) is 19.3 Å². The van der Waals surface area contributed by atoms with Gasteiger partial charge in [0, 0.05) is 20.0 Å². The Morgan fingerprint density at radius 2 is 1.57 bits per heavy atom. The molecule has 4 nitrogen and oxygen atoms in total. The smallest absolute Gasteiger partial charge is 0.305 e. The lowest BCUT2D eigenvalue weighted by molar-refractivity contribution is -0.140. The molecule has 0 aromatic rings. The number of rotatable bonds is 13. The van der Waals surface area contributed by atoms with Gasteiger partial charge in [-0.25, -0.2) is 0 Å². The molecular formula is C19H30O4. The molecule has 0 aliphatic heterocycles. The molecule has 0 radical (unpaired) electrons. The van der Waals surface area contributed by atoms with Crippen molar-refractivity contribution in [2.45, 2.75) is 58.0 Å². The van der Waals surface area contributed by atoms with Crippen LogP contribution in [0.2, 0.25) is 0 Å². The summed E-state index contributed by atoms with van der Waals surface area (Å²) in [7, 11) is 3.09. The summed E-state index contributed by atoms with van der Waals surface area (Å²) in [6.45, 7) is 2.07. The molecule has 0 aromatic carbocycles. The molecule has 0 saturated heterocycles. The molecule has 4 heteroatoms. The molecule has 0 heterocycles. The van der Waals surface area contributed by atoms with Crippen molar-refractivity contribution in [2.75, 3.05) is 14.2 Å². The van der Waals surface area contributed by atoms with Crippen molar-refractivity contribution in [1.82, 2.24) is 0 Å². The van der Waals surface area contributed by atoms with Crippen molar-refractivity contribution in [2.24, 2.45) is 0 Å². The quantitative estimate of drug-likeness (QED) is 0.221. The van der Waals surface area contributed by atoms with Gasteiger partial charge < -0.3 is 9.47 Å². The van der Waals surface area contributed by atoms with Crippen molar-refractivity contribution < 1.29 is 19.1 Å².